The Kier molecular flexibility index (Phi) is 4.57. The molecule has 2 aromatic rings. The van der Waals surface area contributed by atoms with Gasteiger partial charge in [-0.05, 0) is 36.8 Å². The number of carbonyl (C=O) groups is 2. The summed E-state index contributed by atoms with van der Waals surface area (Å²) in [4.78, 5) is 27.6. The molecule has 0 spiro atoms. The zero-order valence-corrected chi connectivity index (χ0v) is 12.8. The standard InChI is InChI=1S/C16H13FN2O3S/c17-11-2-4-12(5-3-11)22-14-6-1-10(9-18-14)15(20)19-13-7-8-23-16(13)21/h1-6,9,13H,7-8H2,(H,19,20)/t13-/m0/s1. The fraction of sp³-hybridized carbons (Fsp3) is 0.188. The lowest BCUT2D eigenvalue weighted by atomic mass is 10.2. The Morgan fingerprint density at radius 2 is 2.04 bits per heavy atom. The van der Waals surface area contributed by atoms with Crippen LogP contribution in [0.15, 0.2) is 42.6 Å². The van der Waals surface area contributed by atoms with Crippen molar-refractivity contribution >= 4 is 22.8 Å². The molecule has 3 rings (SSSR count). The summed E-state index contributed by atoms with van der Waals surface area (Å²) in [5.74, 6) is 0.779. The van der Waals surface area contributed by atoms with E-state index < -0.39 is 6.04 Å². The second-order valence-electron chi connectivity index (χ2n) is 4.92. The number of aromatic nitrogens is 1. The first-order valence-corrected chi connectivity index (χ1v) is 7.97. The minimum atomic E-state index is -0.428. The van der Waals surface area contributed by atoms with E-state index >= 15 is 0 Å². The molecule has 118 valence electrons. The molecule has 1 aromatic heterocycles. The zero-order chi connectivity index (χ0) is 16.2. The van der Waals surface area contributed by atoms with Crippen molar-refractivity contribution in [3.05, 3.63) is 54.0 Å². The van der Waals surface area contributed by atoms with Crippen molar-refractivity contribution in [2.75, 3.05) is 5.75 Å². The van der Waals surface area contributed by atoms with Gasteiger partial charge in [0.05, 0.1) is 11.6 Å². The summed E-state index contributed by atoms with van der Waals surface area (Å²) in [6.45, 7) is 0. The highest BCUT2D eigenvalue weighted by Crippen LogP contribution is 2.21. The maximum absolute atomic E-state index is 12.8. The van der Waals surface area contributed by atoms with Gasteiger partial charge in [0.2, 0.25) is 11.0 Å². The number of nitrogens with zero attached hydrogens (tertiary/aromatic N) is 1. The van der Waals surface area contributed by atoms with Crippen LogP contribution < -0.4 is 10.1 Å². The second kappa shape index (κ2) is 6.78. The highest BCUT2D eigenvalue weighted by Gasteiger charge is 2.27. The maximum Gasteiger partial charge on any atom is 0.253 e. The molecule has 1 aromatic carbocycles. The van der Waals surface area contributed by atoms with Gasteiger partial charge < -0.3 is 10.1 Å². The number of nitrogens with one attached hydrogen (secondary N) is 1. The zero-order valence-electron chi connectivity index (χ0n) is 12.0. The van der Waals surface area contributed by atoms with Gasteiger partial charge in [-0.25, -0.2) is 9.37 Å². The lowest BCUT2D eigenvalue weighted by molar-refractivity contribution is -0.112. The number of hydrogen-bond donors (Lipinski definition) is 1. The number of halogens is 1. The van der Waals surface area contributed by atoms with Crippen LogP contribution in [0.25, 0.3) is 0 Å². The summed E-state index contributed by atoms with van der Waals surface area (Å²) in [5, 5.41) is 2.68. The first-order chi connectivity index (χ1) is 11.1. The average molecular weight is 332 g/mol. The van der Waals surface area contributed by atoms with Crippen LogP contribution in [0, 0.1) is 5.82 Å². The lowest BCUT2D eigenvalue weighted by Crippen LogP contribution is -2.37. The fourth-order valence-corrected chi connectivity index (χ4v) is 3.00. The molecule has 1 saturated heterocycles. The molecule has 1 amide bonds. The van der Waals surface area contributed by atoms with Crippen LogP contribution in [0.1, 0.15) is 16.8 Å². The van der Waals surface area contributed by atoms with E-state index in [1.165, 1.54) is 42.2 Å². The van der Waals surface area contributed by atoms with Crippen molar-refractivity contribution in [3.8, 4) is 11.6 Å². The largest absolute Gasteiger partial charge is 0.439 e. The third-order valence-corrected chi connectivity index (χ3v) is 4.28. The Hall–Kier alpha value is -2.41. The van der Waals surface area contributed by atoms with E-state index in [2.05, 4.69) is 10.3 Å². The van der Waals surface area contributed by atoms with E-state index in [0.717, 1.165) is 5.75 Å². The lowest BCUT2D eigenvalue weighted by Gasteiger charge is -2.10. The van der Waals surface area contributed by atoms with Crippen LogP contribution >= 0.6 is 11.8 Å². The molecule has 0 saturated carbocycles. The number of thioether (sulfide) groups is 1. The van der Waals surface area contributed by atoms with Crippen molar-refractivity contribution in [3.63, 3.8) is 0 Å². The molecule has 0 radical (unpaired) electrons. The van der Waals surface area contributed by atoms with E-state index in [-0.39, 0.29) is 16.8 Å². The Balaban J connectivity index is 1.63. The minimum Gasteiger partial charge on any atom is -0.439 e. The molecule has 0 aliphatic carbocycles. The Bertz CT molecular complexity index is 719. The summed E-state index contributed by atoms with van der Waals surface area (Å²) < 4.78 is 18.3. The molecule has 2 heterocycles. The number of ether oxygens (including phenoxy) is 1. The Labute approximate surface area is 136 Å². The van der Waals surface area contributed by atoms with Crippen molar-refractivity contribution in [1.82, 2.24) is 10.3 Å². The first kappa shape index (κ1) is 15.5. The van der Waals surface area contributed by atoms with Gasteiger partial charge in [-0.15, -0.1) is 0 Å². The van der Waals surface area contributed by atoms with Gasteiger partial charge >= 0.3 is 0 Å². The van der Waals surface area contributed by atoms with E-state index in [9.17, 15) is 14.0 Å². The van der Waals surface area contributed by atoms with Crippen molar-refractivity contribution in [1.29, 1.82) is 0 Å². The third kappa shape index (κ3) is 3.87. The van der Waals surface area contributed by atoms with Gasteiger partial charge in [-0.2, -0.15) is 0 Å². The van der Waals surface area contributed by atoms with Crippen LogP contribution in [0.3, 0.4) is 0 Å². The highest BCUT2D eigenvalue weighted by atomic mass is 32.2. The molecule has 0 unspecified atom stereocenters. The topological polar surface area (TPSA) is 68.3 Å². The molecule has 1 N–H and O–H groups in total. The molecule has 7 heteroatoms. The SMILES string of the molecule is O=C(N[C@H]1CCSC1=O)c1ccc(Oc2ccc(F)cc2)nc1. The van der Waals surface area contributed by atoms with E-state index in [1.807, 2.05) is 0 Å². The molecule has 0 bridgehead atoms. The molecule has 5 nitrogen and oxygen atoms in total. The van der Waals surface area contributed by atoms with Crippen molar-refractivity contribution in [2.24, 2.45) is 0 Å². The van der Waals surface area contributed by atoms with Crippen LogP contribution in [0.5, 0.6) is 11.6 Å². The molecule has 1 aliphatic rings. The van der Waals surface area contributed by atoms with Gasteiger partial charge in [-0.3, -0.25) is 9.59 Å². The van der Waals surface area contributed by atoms with Crippen molar-refractivity contribution < 1.29 is 18.7 Å². The fourth-order valence-electron chi connectivity index (χ4n) is 2.07. The van der Waals surface area contributed by atoms with Gasteiger partial charge in [0.25, 0.3) is 5.91 Å². The average Bonchev–Trinajstić information content (AvgIpc) is 2.95. The number of amides is 1. The van der Waals surface area contributed by atoms with E-state index in [0.29, 0.717) is 23.6 Å². The van der Waals surface area contributed by atoms with Crippen LogP contribution in [0.2, 0.25) is 0 Å². The summed E-state index contributed by atoms with van der Waals surface area (Å²) >= 11 is 1.23. The van der Waals surface area contributed by atoms with E-state index in [4.69, 9.17) is 4.74 Å². The minimum absolute atomic E-state index is 0.0115. The summed E-state index contributed by atoms with van der Waals surface area (Å²) in [6, 6.07) is 8.23. The quantitative estimate of drug-likeness (QED) is 0.932. The third-order valence-electron chi connectivity index (χ3n) is 3.28. The molecule has 23 heavy (non-hydrogen) atoms. The maximum atomic E-state index is 12.8. The molecule has 1 aliphatic heterocycles. The van der Waals surface area contributed by atoms with Gasteiger partial charge in [0, 0.05) is 18.0 Å². The Morgan fingerprint density at radius 1 is 1.26 bits per heavy atom. The van der Waals surface area contributed by atoms with Gasteiger partial charge in [-0.1, -0.05) is 11.8 Å². The van der Waals surface area contributed by atoms with Crippen LogP contribution in [0.4, 0.5) is 4.39 Å². The molecular formula is C16H13FN2O3S. The smallest absolute Gasteiger partial charge is 0.253 e. The Morgan fingerprint density at radius 3 is 2.65 bits per heavy atom. The number of pyridine rings is 1. The number of hydrogen-bond acceptors (Lipinski definition) is 5. The number of rotatable bonds is 4. The van der Waals surface area contributed by atoms with Gasteiger partial charge in [0.15, 0.2) is 0 Å². The second-order valence-corrected chi connectivity index (χ2v) is 6.02. The number of benzene rings is 1. The molecule has 1 atom stereocenters. The molecule has 1 fully saturated rings. The molecular weight excluding hydrogens is 319 g/mol. The normalized spacial score (nSPS) is 17.1. The van der Waals surface area contributed by atoms with E-state index in [1.54, 1.807) is 12.1 Å². The van der Waals surface area contributed by atoms with Crippen LogP contribution in [-0.4, -0.2) is 27.8 Å². The summed E-state index contributed by atoms with van der Waals surface area (Å²) in [5.41, 5.74) is 0.348. The monoisotopic (exact) mass is 332 g/mol. The highest BCUT2D eigenvalue weighted by molar-refractivity contribution is 8.14. The van der Waals surface area contributed by atoms with Crippen molar-refractivity contribution in [2.45, 2.75) is 12.5 Å². The van der Waals surface area contributed by atoms with Gasteiger partial charge in [0.1, 0.15) is 11.6 Å². The summed E-state index contributed by atoms with van der Waals surface area (Å²) in [7, 11) is 0. The predicted octanol–water partition coefficient (Wildman–Crippen LogP) is 2.77. The van der Waals surface area contributed by atoms with Crippen LogP contribution in [-0.2, 0) is 4.79 Å². The summed E-state index contributed by atoms with van der Waals surface area (Å²) in [6.07, 6.45) is 2.02. The number of carbonyl (C=O) groups excluding carboxylic acids is 2. The first-order valence-electron chi connectivity index (χ1n) is 6.99. The predicted molar refractivity (Wildman–Crippen MR) is 84.0 cm³/mol.